The van der Waals surface area contributed by atoms with Crippen LogP contribution in [0.1, 0.15) is 44.6 Å². The Morgan fingerprint density at radius 3 is 2.47 bits per heavy atom. The van der Waals surface area contributed by atoms with Crippen molar-refractivity contribution in [2.45, 2.75) is 50.7 Å². The van der Waals surface area contributed by atoms with Crippen LogP contribution in [0.5, 0.6) is 0 Å². The van der Waals surface area contributed by atoms with E-state index < -0.39 is 5.66 Å². The van der Waals surface area contributed by atoms with E-state index in [1.165, 1.54) is 5.06 Å². The highest BCUT2D eigenvalue weighted by Gasteiger charge is 2.56. The lowest BCUT2D eigenvalue weighted by Crippen LogP contribution is -2.51. The molecule has 4 nitrogen and oxygen atoms in total. The van der Waals surface area contributed by atoms with E-state index in [1.807, 2.05) is 37.3 Å². The van der Waals surface area contributed by atoms with E-state index in [0.29, 0.717) is 5.71 Å². The molecule has 3 rings (SSSR count). The van der Waals surface area contributed by atoms with Crippen LogP contribution in [0, 0.1) is 5.21 Å². The van der Waals surface area contributed by atoms with Crippen LogP contribution in [0.15, 0.2) is 30.3 Å². The molecule has 1 aromatic rings. The third kappa shape index (κ3) is 1.78. The molecule has 0 bridgehead atoms. The molecule has 0 aromatic heterocycles. The van der Waals surface area contributed by atoms with Crippen LogP contribution < -0.4 is 0 Å². The molecule has 1 fully saturated rings. The van der Waals surface area contributed by atoms with E-state index >= 15 is 0 Å². The molecule has 1 spiro atoms. The van der Waals surface area contributed by atoms with E-state index in [1.54, 1.807) is 0 Å². The normalized spacial score (nSPS) is 27.2. The fourth-order valence-electron chi connectivity index (χ4n) is 3.48. The minimum atomic E-state index is -0.733. The van der Waals surface area contributed by atoms with E-state index in [0.717, 1.165) is 42.4 Å². The standard InChI is InChI=1S/C15H20N2O2/c1-12-14(13-8-4-2-5-9-13)17(19)15(16(12)18)10-6-3-7-11-15/h2,4-5,8-9,12,18H,3,6-7,10-11H2,1H3/t12-/m0/s1. The highest BCUT2D eigenvalue weighted by Crippen LogP contribution is 2.39. The zero-order chi connectivity index (χ0) is 13.5. The van der Waals surface area contributed by atoms with E-state index in [9.17, 15) is 10.4 Å². The molecule has 0 unspecified atom stereocenters. The Labute approximate surface area is 113 Å². The predicted octanol–water partition coefficient (Wildman–Crippen LogP) is 2.74. The Morgan fingerprint density at radius 1 is 1.21 bits per heavy atom. The highest BCUT2D eigenvalue weighted by atomic mass is 16.6. The Kier molecular flexibility index (Phi) is 3.07. The first-order chi connectivity index (χ1) is 9.17. The largest absolute Gasteiger partial charge is 0.622 e. The fraction of sp³-hybridized carbons (Fsp3) is 0.533. The Balaban J connectivity index is 2.07. The van der Waals surface area contributed by atoms with Crippen molar-refractivity contribution in [3.63, 3.8) is 0 Å². The van der Waals surface area contributed by atoms with Crippen LogP contribution in [-0.2, 0) is 0 Å². The summed E-state index contributed by atoms with van der Waals surface area (Å²) in [6, 6.07) is 9.41. The molecule has 4 heteroatoms. The summed E-state index contributed by atoms with van der Waals surface area (Å²) in [7, 11) is 0. The Morgan fingerprint density at radius 2 is 1.84 bits per heavy atom. The lowest BCUT2D eigenvalue weighted by molar-refractivity contribution is -0.595. The maximum atomic E-state index is 12.8. The summed E-state index contributed by atoms with van der Waals surface area (Å²) in [6.45, 7) is 1.90. The van der Waals surface area contributed by atoms with Crippen LogP contribution >= 0.6 is 0 Å². The van der Waals surface area contributed by atoms with Gasteiger partial charge in [-0.2, -0.15) is 4.74 Å². The molecule has 1 N–H and O–H groups in total. The number of benzene rings is 1. The van der Waals surface area contributed by atoms with Crippen LogP contribution in [0.3, 0.4) is 0 Å². The van der Waals surface area contributed by atoms with Gasteiger partial charge in [-0.15, -0.1) is 5.06 Å². The maximum Gasteiger partial charge on any atom is 0.251 e. The number of rotatable bonds is 1. The molecule has 19 heavy (non-hydrogen) atoms. The van der Waals surface area contributed by atoms with Gasteiger partial charge in [-0.25, -0.2) is 0 Å². The second kappa shape index (κ2) is 4.62. The molecule has 1 aliphatic heterocycles. The minimum absolute atomic E-state index is 0.252. The van der Waals surface area contributed by atoms with Crippen molar-refractivity contribution >= 4 is 5.71 Å². The van der Waals surface area contributed by atoms with Crippen molar-refractivity contribution in [2.24, 2.45) is 0 Å². The molecule has 0 saturated heterocycles. The molecule has 1 aromatic carbocycles. The molecule has 2 aliphatic rings. The van der Waals surface area contributed by atoms with Gasteiger partial charge in [-0.05, 0) is 31.9 Å². The van der Waals surface area contributed by atoms with Crippen LogP contribution in [-0.4, -0.2) is 32.4 Å². The SMILES string of the molecule is C[C@H]1C(c2ccccc2)=[N+]([O-])C2(CCCCC2)N1O. The van der Waals surface area contributed by atoms with Gasteiger partial charge in [-0.3, -0.25) is 0 Å². The monoisotopic (exact) mass is 260 g/mol. The number of hydroxylamine groups is 3. The second-order valence-corrected chi connectivity index (χ2v) is 5.61. The van der Waals surface area contributed by atoms with Crippen molar-refractivity contribution in [1.82, 2.24) is 5.06 Å². The topological polar surface area (TPSA) is 49.5 Å². The van der Waals surface area contributed by atoms with Crippen LogP contribution in [0.4, 0.5) is 0 Å². The van der Waals surface area contributed by atoms with Crippen LogP contribution in [0.2, 0.25) is 0 Å². The summed E-state index contributed by atoms with van der Waals surface area (Å²) in [5, 5.41) is 24.5. The van der Waals surface area contributed by atoms with Gasteiger partial charge in [0, 0.05) is 18.4 Å². The summed E-state index contributed by atoms with van der Waals surface area (Å²) in [5.41, 5.74) is 0.861. The third-order valence-corrected chi connectivity index (χ3v) is 4.51. The number of hydrogen-bond acceptors (Lipinski definition) is 3. The van der Waals surface area contributed by atoms with Crippen molar-refractivity contribution in [3.8, 4) is 0 Å². The average Bonchev–Trinajstić information content (AvgIpc) is 2.63. The first-order valence-corrected chi connectivity index (χ1v) is 7.05. The Bertz CT molecular complexity index is 492. The summed E-state index contributed by atoms with van der Waals surface area (Å²) in [5.74, 6) is 0. The zero-order valence-electron chi connectivity index (χ0n) is 11.2. The van der Waals surface area contributed by atoms with Gasteiger partial charge in [0.15, 0.2) is 0 Å². The van der Waals surface area contributed by atoms with Gasteiger partial charge >= 0.3 is 0 Å². The molecule has 0 radical (unpaired) electrons. The molecule has 0 amide bonds. The first kappa shape index (κ1) is 12.6. The fourth-order valence-corrected chi connectivity index (χ4v) is 3.48. The molecule has 1 heterocycles. The van der Waals surface area contributed by atoms with Crippen molar-refractivity contribution < 1.29 is 9.95 Å². The lowest BCUT2D eigenvalue weighted by Gasteiger charge is -2.35. The summed E-state index contributed by atoms with van der Waals surface area (Å²) < 4.78 is 1.08. The van der Waals surface area contributed by atoms with E-state index in [2.05, 4.69) is 0 Å². The van der Waals surface area contributed by atoms with Gasteiger partial charge < -0.3 is 10.4 Å². The third-order valence-electron chi connectivity index (χ3n) is 4.51. The minimum Gasteiger partial charge on any atom is -0.622 e. The number of hydrogen-bond donors (Lipinski definition) is 1. The molecular formula is C15H20N2O2. The second-order valence-electron chi connectivity index (χ2n) is 5.61. The van der Waals surface area contributed by atoms with Crippen molar-refractivity contribution in [2.75, 3.05) is 0 Å². The lowest BCUT2D eigenvalue weighted by atomic mass is 9.89. The van der Waals surface area contributed by atoms with E-state index in [-0.39, 0.29) is 6.04 Å². The Hall–Kier alpha value is -1.39. The molecular weight excluding hydrogens is 240 g/mol. The summed E-state index contributed by atoms with van der Waals surface area (Å²) >= 11 is 0. The van der Waals surface area contributed by atoms with Gasteiger partial charge in [-0.1, -0.05) is 24.6 Å². The molecule has 1 aliphatic carbocycles. The van der Waals surface area contributed by atoms with Gasteiger partial charge in [0.25, 0.3) is 5.66 Å². The number of nitrogens with zero attached hydrogens (tertiary/aromatic N) is 2. The quantitative estimate of drug-likeness (QED) is 0.624. The highest BCUT2D eigenvalue weighted by molar-refractivity contribution is 6.01. The van der Waals surface area contributed by atoms with Gasteiger partial charge in [0.05, 0.1) is 0 Å². The average molecular weight is 260 g/mol. The predicted molar refractivity (Wildman–Crippen MR) is 73.1 cm³/mol. The molecule has 1 atom stereocenters. The zero-order valence-corrected chi connectivity index (χ0v) is 11.2. The van der Waals surface area contributed by atoms with E-state index in [4.69, 9.17) is 0 Å². The summed E-state index contributed by atoms with van der Waals surface area (Å²) in [4.78, 5) is 0. The van der Waals surface area contributed by atoms with Crippen LogP contribution in [0.25, 0.3) is 0 Å². The molecule has 1 saturated carbocycles. The smallest absolute Gasteiger partial charge is 0.251 e. The van der Waals surface area contributed by atoms with Crippen molar-refractivity contribution in [1.29, 1.82) is 0 Å². The maximum absolute atomic E-state index is 12.8. The van der Waals surface area contributed by atoms with Gasteiger partial charge in [0.1, 0.15) is 6.04 Å². The molecule has 102 valence electrons. The van der Waals surface area contributed by atoms with Crippen molar-refractivity contribution in [3.05, 3.63) is 41.1 Å². The van der Waals surface area contributed by atoms with Gasteiger partial charge in [0.2, 0.25) is 5.71 Å². The first-order valence-electron chi connectivity index (χ1n) is 7.05. The summed E-state index contributed by atoms with van der Waals surface area (Å²) in [6.07, 6.45) is 4.65.